The van der Waals surface area contributed by atoms with Crippen LogP contribution in [0.15, 0.2) is 23.3 Å². The first-order chi connectivity index (χ1) is 7.98. The highest BCUT2D eigenvalue weighted by molar-refractivity contribution is 4.97. The summed E-state index contributed by atoms with van der Waals surface area (Å²) >= 11 is 0. The zero-order chi connectivity index (χ0) is 12.6. The number of hydrogen-bond acceptors (Lipinski definition) is 5. The van der Waals surface area contributed by atoms with Crippen molar-refractivity contribution in [2.45, 2.75) is 24.4 Å². The molecule has 1 aliphatic rings. The highest BCUT2D eigenvalue weighted by Gasteiger charge is 2.59. The van der Waals surface area contributed by atoms with Gasteiger partial charge >= 0.3 is 11.6 Å². The number of nitrogens with zero attached hydrogens (tertiary/aromatic N) is 2. The molecule has 94 valence electrons. The molecule has 2 N–H and O–H groups in total. The Morgan fingerprint density at radius 2 is 2.29 bits per heavy atom. The van der Waals surface area contributed by atoms with Crippen molar-refractivity contribution in [1.29, 1.82) is 0 Å². The fourth-order valence-corrected chi connectivity index (χ4v) is 1.67. The smallest absolute Gasteiger partial charge is 0.349 e. The van der Waals surface area contributed by atoms with Gasteiger partial charge in [-0.05, 0) is 6.07 Å². The zero-order valence-electron chi connectivity index (χ0n) is 8.53. The predicted octanol–water partition coefficient (Wildman–Crippen LogP) is -0.871. The van der Waals surface area contributed by atoms with Gasteiger partial charge in [-0.25, -0.2) is 9.78 Å². The maximum absolute atomic E-state index is 13.6. The third kappa shape index (κ3) is 1.84. The van der Waals surface area contributed by atoms with Gasteiger partial charge in [0.15, 0.2) is 6.10 Å². The van der Waals surface area contributed by atoms with Crippen molar-refractivity contribution in [3.05, 3.63) is 28.9 Å². The summed E-state index contributed by atoms with van der Waals surface area (Å²) in [6.45, 7) is -0.762. The molecule has 8 heteroatoms. The van der Waals surface area contributed by atoms with Crippen LogP contribution < -0.4 is 5.69 Å². The Kier molecular flexibility index (Phi) is 2.94. The topological polar surface area (TPSA) is 84.6 Å². The van der Waals surface area contributed by atoms with Crippen LogP contribution in [0, 0.1) is 0 Å². The number of aliphatic hydroxyl groups excluding tert-OH is 2. The van der Waals surface area contributed by atoms with Gasteiger partial charge in [0.25, 0.3) is 0 Å². The molecule has 0 bridgehead atoms. The maximum Gasteiger partial charge on any atom is 0.349 e. The number of rotatable bonds is 2. The van der Waals surface area contributed by atoms with Gasteiger partial charge in [0, 0.05) is 12.4 Å². The molecule has 2 heterocycles. The Bertz CT molecular complexity index is 464. The van der Waals surface area contributed by atoms with Crippen LogP contribution in [-0.4, -0.2) is 44.5 Å². The molecule has 0 spiro atoms. The van der Waals surface area contributed by atoms with Gasteiger partial charge in [-0.2, -0.15) is 8.78 Å². The van der Waals surface area contributed by atoms with Crippen molar-refractivity contribution in [2.24, 2.45) is 0 Å². The minimum atomic E-state index is -3.67. The van der Waals surface area contributed by atoms with Crippen LogP contribution in [0.25, 0.3) is 0 Å². The molecule has 0 aliphatic carbocycles. The first-order valence-electron chi connectivity index (χ1n) is 4.84. The van der Waals surface area contributed by atoms with E-state index in [9.17, 15) is 18.7 Å². The number of aromatic nitrogens is 2. The first kappa shape index (κ1) is 12.1. The Morgan fingerprint density at radius 3 is 2.82 bits per heavy atom. The van der Waals surface area contributed by atoms with Crippen LogP contribution in [0.4, 0.5) is 8.78 Å². The Labute approximate surface area is 94.1 Å². The standard InChI is InChI=1S/C9H10F2N2O4/c10-9(11)6(15)5(4-14)17-7(9)13-3-1-2-12-8(13)16/h1-3,5-7,14-15H,4H2/t5?,6-,7+/m0/s1. The van der Waals surface area contributed by atoms with Crippen molar-refractivity contribution in [2.75, 3.05) is 6.61 Å². The van der Waals surface area contributed by atoms with Crippen molar-refractivity contribution < 1.29 is 23.7 Å². The molecule has 1 aromatic heterocycles. The summed E-state index contributed by atoms with van der Waals surface area (Å²) in [5.74, 6) is -3.67. The fourth-order valence-electron chi connectivity index (χ4n) is 1.67. The molecule has 1 unspecified atom stereocenters. The summed E-state index contributed by atoms with van der Waals surface area (Å²) in [6, 6.07) is 1.29. The minimum absolute atomic E-state index is 0.582. The monoisotopic (exact) mass is 248 g/mol. The van der Waals surface area contributed by atoms with E-state index in [1.165, 1.54) is 6.07 Å². The Morgan fingerprint density at radius 1 is 1.59 bits per heavy atom. The molecule has 0 amide bonds. The second kappa shape index (κ2) is 4.13. The Hall–Kier alpha value is -1.38. The van der Waals surface area contributed by atoms with Gasteiger partial charge in [-0.1, -0.05) is 0 Å². The summed E-state index contributed by atoms with van der Waals surface area (Å²) in [6.07, 6.45) is -3.31. The van der Waals surface area contributed by atoms with E-state index >= 15 is 0 Å². The van der Waals surface area contributed by atoms with E-state index in [-0.39, 0.29) is 0 Å². The largest absolute Gasteiger partial charge is 0.394 e. The van der Waals surface area contributed by atoms with Crippen LogP contribution in [0.3, 0.4) is 0 Å². The predicted molar refractivity (Wildman–Crippen MR) is 50.4 cm³/mol. The fraction of sp³-hybridized carbons (Fsp3) is 0.556. The highest BCUT2D eigenvalue weighted by atomic mass is 19.3. The van der Waals surface area contributed by atoms with Gasteiger partial charge < -0.3 is 14.9 Å². The van der Waals surface area contributed by atoms with Crippen LogP contribution in [0.5, 0.6) is 0 Å². The van der Waals surface area contributed by atoms with E-state index in [1.54, 1.807) is 0 Å². The number of hydrogen-bond donors (Lipinski definition) is 2. The van der Waals surface area contributed by atoms with Gasteiger partial charge in [-0.3, -0.25) is 4.57 Å². The normalized spacial score (nSPS) is 31.6. The van der Waals surface area contributed by atoms with Crippen molar-refractivity contribution >= 4 is 0 Å². The van der Waals surface area contributed by atoms with Crippen molar-refractivity contribution in [3.63, 3.8) is 0 Å². The first-order valence-corrected chi connectivity index (χ1v) is 4.84. The van der Waals surface area contributed by atoms with Crippen molar-refractivity contribution in [3.8, 4) is 0 Å². The van der Waals surface area contributed by atoms with Crippen LogP contribution in [0.1, 0.15) is 6.23 Å². The van der Waals surface area contributed by atoms with Gasteiger partial charge in [0.1, 0.15) is 6.10 Å². The summed E-state index contributed by atoms with van der Waals surface area (Å²) < 4.78 is 32.6. The summed E-state index contributed by atoms with van der Waals surface area (Å²) in [5.41, 5.74) is -0.914. The van der Waals surface area contributed by atoms with Crippen LogP contribution in [0.2, 0.25) is 0 Å². The lowest BCUT2D eigenvalue weighted by Gasteiger charge is -2.20. The Balaban J connectivity index is 2.41. The van der Waals surface area contributed by atoms with E-state index in [0.29, 0.717) is 4.57 Å². The van der Waals surface area contributed by atoms with E-state index in [4.69, 9.17) is 9.84 Å². The lowest BCUT2D eigenvalue weighted by Crippen LogP contribution is -2.41. The molecule has 1 saturated heterocycles. The van der Waals surface area contributed by atoms with Gasteiger partial charge in [0.05, 0.1) is 6.61 Å². The van der Waals surface area contributed by atoms with E-state index < -0.39 is 36.7 Å². The molecule has 1 aliphatic heterocycles. The third-order valence-electron chi connectivity index (χ3n) is 2.55. The summed E-state index contributed by atoms with van der Waals surface area (Å²) in [5, 5.41) is 18.0. The van der Waals surface area contributed by atoms with E-state index in [2.05, 4.69) is 4.98 Å². The molecule has 0 aromatic carbocycles. The molecular weight excluding hydrogens is 238 g/mol. The summed E-state index contributed by atoms with van der Waals surface area (Å²) in [7, 11) is 0. The SMILES string of the molecule is O=c1ncccn1[C@@H]1OC(CO)[C@H](O)C1(F)F. The molecule has 0 radical (unpaired) electrons. The van der Waals surface area contributed by atoms with Gasteiger partial charge in [0.2, 0.25) is 6.23 Å². The molecule has 0 saturated carbocycles. The number of aliphatic hydroxyl groups is 2. The third-order valence-corrected chi connectivity index (χ3v) is 2.55. The lowest BCUT2D eigenvalue weighted by atomic mass is 10.1. The molecule has 3 atom stereocenters. The molecule has 6 nitrogen and oxygen atoms in total. The van der Waals surface area contributed by atoms with Crippen LogP contribution in [-0.2, 0) is 4.74 Å². The average Bonchev–Trinajstić information content (AvgIpc) is 2.52. The van der Waals surface area contributed by atoms with E-state index in [1.807, 2.05) is 0 Å². The number of alkyl halides is 2. The van der Waals surface area contributed by atoms with E-state index in [0.717, 1.165) is 12.4 Å². The van der Waals surface area contributed by atoms with Crippen LogP contribution >= 0.6 is 0 Å². The second-order valence-electron chi connectivity index (χ2n) is 3.64. The molecular formula is C9H10F2N2O4. The zero-order valence-corrected chi connectivity index (χ0v) is 8.53. The molecule has 1 fully saturated rings. The molecule has 1 aromatic rings. The van der Waals surface area contributed by atoms with Crippen molar-refractivity contribution in [1.82, 2.24) is 9.55 Å². The van der Waals surface area contributed by atoms with Gasteiger partial charge in [-0.15, -0.1) is 0 Å². The number of ether oxygens (including phenoxy) is 1. The maximum atomic E-state index is 13.6. The minimum Gasteiger partial charge on any atom is -0.394 e. The average molecular weight is 248 g/mol. The lowest BCUT2D eigenvalue weighted by molar-refractivity contribution is -0.141. The number of halogens is 2. The highest BCUT2D eigenvalue weighted by Crippen LogP contribution is 2.41. The second-order valence-corrected chi connectivity index (χ2v) is 3.64. The summed E-state index contributed by atoms with van der Waals surface area (Å²) in [4.78, 5) is 14.6. The molecule has 17 heavy (non-hydrogen) atoms. The molecule has 2 rings (SSSR count). The quantitative estimate of drug-likeness (QED) is 0.710.